The third-order valence-corrected chi connectivity index (χ3v) is 3.64. The highest BCUT2D eigenvalue weighted by Crippen LogP contribution is 2.35. The molecule has 1 aromatic rings. The standard InChI is InChI=1S/C16H24N2O/c1-11(2)13-9-14(12(3)8-15(13)19-7)18(6)16(4,5)10-17/h8-9,11H,1-7H3. The van der Waals surface area contributed by atoms with Crippen LogP contribution in [0.1, 0.15) is 44.7 Å². The molecule has 19 heavy (non-hydrogen) atoms. The van der Waals surface area contributed by atoms with Gasteiger partial charge in [-0.25, -0.2) is 0 Å². The number of hydrogen-bond donors (Lipinski definition) is 0. The van der Waals surface area contributed by atoms with Gasteiger partial charge in [0.15, 0.2) is 0 Å². The summed E-state index contributed by atoms with van der Waals surface area (Å²) in [6, 6.07) is 6.53. The van der Waals surface area contributed by atoms with Gasteiger partial charge in [-0.05, 0) is 49.9 Å². The third kappa shape index (κ3) is 3.01. The van der Waals surface area contributed by atoms with E-state index in [1.165, 1.54) is 5.56 Å². The maximum Gasteiger partial charge on any atom is 0.122 e. The van der Waals surface area contributed by atoms with Crippen molar-refractivity contribution < 1.29 is 4.74 Å². The van der Waals surface area contributed by atoms with Crippen LogP contribution in [-0.4, -0.2) is 19.7 Å². The Balaban J connectivity index is 3.38. The molecule has 0 saturated carbocycles. The largest absolute Gasteiger partial charge is 0.496 e. The van der Waals surface area contributed by atoms with E-state index in [9.17, 15) is 5.26 Å². The molecule has 0 heterocycles. The summed E-state index contributed by atoms with van der Waals surface area (Å²) in [7, 11) is 3.66. The lowest BCUT2D eigenvalue weighted by Gasteiger charge is -2.33. The minimum absolute atomic E-state index is 0.382. The van der Waals surface area contributed by atoms with Crippen LogP contribution in [-0.2, 0) is 0 Å². The van der Waals surface area contributed by atoms with E-state index in [1.54, 1.807) is 7.11 Å². The molecule has 0 amide bonds. The van der Waals surface area contributed by atoms with E-state index < -0.39 is 5.54 Å². The van der Waals surface area contributed by atoms with Gasteiger partial charge in [-0.2, -0.15) is 5.26 Å². The minimum Gasteiger partial charge on any atom is -0.496 e. The van der Waals surface area contributed by atoms with Gasteiger partial charge in [0, 0.05) is 12.7 Å². The van der Waals surface area contributed by atoms with E-state index in [-0.39, 0.29) is 0 Å². The Hall–Kier alpha value is -1.69. The second kappa shape index (κ2) is 5.52. The molecule has 1 aromatic carbocycles. The first-order valence-electron chi connectivity index (χ1n) is 6.58. The van der Waals surface area contributed by atoms with Crippen LogP contribution in [0.25, 0.3) is 0 Å². The molecule has 0 aliphatic rings. The molecule has 0 atom stereocenters. The zero-order chi connectivity index (χ0) is 14.8. The van der Waals surface area contributed by atoms with Crippen LogP contribution >= 0.6 is 0 Å². The zero-order valence-electron chi connectivity index (χ0n) is 13.0. The highest BCUT2D eigenvalue weighted by Gasteiger charge is 2.25. The summed E-state index contributed by atoms with van der Waals surface area (Å²) in [4.78, 5) is 2.02. The van der Waals surface area contributed by atoms with Crippen molar-refractivity contribution in [3.05, 3.63) is 23.3 Å². The first-order chi connectivity index (χ1) is 8.74. The smallest absolute Gasteiger partial charge is 0.122 e. The van der Waals surface area contributed by atoms with Crippen LogP contribution in [0.2, 0.25) is 0 Å². The molecule has 0 fully saturated rings. The first kappa shape index (κ1) is 15.4. The molecule has 0 bridgehead atoms. The molecular weight excluding hydrogens is 236 g/mol. The van der Waals surface area contributed by atoms with Crippen LogP contribution in [0.5, 0.6) is 5.75 Å². The second-order valence-electron chi connectivity index (χ2n) is 5.77. The first-order valence-corrected chi connectivity index (χ1v) is 6.58. The predicted octanol–water partition coefficient (Wildman–Crippen LogP) is 3.87. The molecule has 104 valence electrons. The van der Waals surface area contributed by atoms with Crippen molar-refractivity contribution in [2.24, 2.45) is 0 Å². The number of aryl methyl sites for hydroxylation is 1. The second-order valence-corrected chi connectivity index (χ2v) is 5.77. The Bertz CT molecular complexity index is 498. The van der Waals surface area contributed by atoms with E-state index in [0.29, 0.717) is 5.92 Å². The molecule has 0 aliphatic heterocycles. The number of rotatable bonds is 4. The molecule has 1 rings (SSSR count). The summed E-state index contributed by atoms with van der Waals surface area (Å²) < 4.78 is 5.45. The molecule has 3 nitrogen and oxygen atoms in total. The average molecular weight is 260 g/mol. The Morgan fingerprint density at radius 3 is 2.32 bits per heavy atom. The number of hydrogen-bond acceptors (Lipinski definition) is 3. The molecule has 0 radical (unpaired) electrons. The molecular formula is C16H24N2O. The fourth-order valence-corrected chi connectivity index (χ4v) is 2.05. The summed E-state index contributed by atoms with van der Waals surface area (Å²) in [5, 5.41) is 9.28. The summed E-state index contributed by atoms with van der Waals surface area (Å²) in [5.74, 6) is 1.30. The lowest BCUT2D eigenvalue weighted by Crippen LogP contribution is -2.40. The van der Waals surface area contributed by atoms with Crippen molar-refractivity contribution >= 4 is 5.69 Å². The number of ether oxygens (including phenoxy) is 1. The van der Waals surface area contributed by atoms with Crippen LogP contribution in [0.3, 0.4) is 0 Å². The minimum atomic E-state index is -0.534. The number of nitrogens with zero attached hydrogens (tertiary/aromatic N) is 2. The molecule has 0 N–H and O–H groups in total. The van der Waals surface area contributed by atoms with Gasteiger partial charge in [0.1, 0.15) is 11.3 Å². The number of nitriles is 1. The molecule has 0 aliphatic carbocycles. The Morgan fingerprint density at radius 2 is 1.89 bits per heavy atom. The maximum absolute atomic E-state index is 9.28. The normalized spacial score (nSPS) is 11.3. The van der Waals surface area contributed by atoms with Gasteiger partial charge in [0.05, 0.1) is 13.2 Å². The van der Waals surface area contributed by atoms with Crippen molar-refractivity contribution in [1.82, 2.24) is 0 Å². The van der Waals surface area contributed by atoms with Crippen molar-refractivity contribution in [3.8, 4) is 11.8 Å². The van der Waals surface area contributed by atoms with Crippen LogP contribution in [0.4, 0.5) is 5.69 Å². The van der Waals surface area contributed by atoms with Gasteiger partial charge >= 0.3 is 0 Å². The van der Waals surface area contributed by atoms with Gasteiger partial charge in [-0.3, -0.25) is 0 Å². The fourth-order valence-electron chi connectivity index (χ4n) is 2.05. The van der Waals surface area contributed by atoms with E-state index in [1.807, 2.05) is 32.7 Å². The van der Waals surface area contributed by atoms with Gasteiger partial charge in [0.25, 0.3) is 0 Å². The van der Waals surface area contributed by atoms with Gasteiger partial charge < -0.3 is 9.64 Å². The van der Waals surface area contributed by atoms with E-state index >= 15 is 0 Å². The average Bonchev–Trinajstić information content (AvgIpc) is 2.37. The van der Waals surface area contributed by atoms with Gasteiger partial charge in [-0.15, -0.1) is 0 Å². The maximum atomic E-state index is 9.28. The number of benzene rings is 1. The molecule has 0 spiro atoms. The van der Waals surface area contributed by atoms with Crippen molar-refractivity contribution in [3.63, 3.8) is 0 Å². The van der Waals surface area contributed by atoms with Crippen molar-refractivity contribution in [1.29, 1.82) is 5.26 Å². The van der Waals surface area contributed by atoms with Gasteiger partial charge in [-0.1, -0.05) is 13.8 Å². The molecule has 3 heteroatoms. The van der Waals surface area contributed by atoms with E-state index in [2.05, 4.69) is 32.0 Å². The third-order valence-electron chi connectivity index (χ3n) is 3.64. The summed E-state index contributed by atoms with van der Waals surface area (Å²) in [6.07, 6.45) is 0. The number of methoxy groups -OCH3 is 1. The lowest BCUT2D eigenvalue weighted by molar-refractivity contribution is 0.407. The predicted molar refractivity (Wildman–Crippen MR) is 79.9 cm³/mol. The fraction of sp³-hybridized carbons (Fsp3) is 0.562. The zero-order valence-corrected chi connectivity index (χ0v) is 13.0. The van der Waals surface area contributed by atoms with Crippen molar-refractivity contribution in [2.75, 3.05) is 19.1 Å². The van der Waals surface area contributed by atoms with Crippen LogP contribution < -0.4 is 9.64 Å². The Morgan fingerprint density at radius 1 is 1.32 bits per heavy atom. The van der Waals surface area contributed by atoms with Crippen molar-refractivity contribution in [2.45, 2.75) is 46.1 Å². The summed E-state index contributed by atoms with van der Waals surface area (Å²) >= 11 is 0. The topological polar surface area (TPSA) is 36.3 Å². The van der Waals surface area contributed by atoms with Crippen LogP contribution in [0.15, 0.2) is 12.1 Å². The molecule has 0 unspecified atom stereocenters. The lowest BCUT2D eigenvalue weighted by atomic mass is 9.96. The van der Waals surface area contributed by atoms with Crippen LogP contribution in [0, 0.1) is 18.3 Å². The Kier molecular flexibility index (Phi) is 4.47. The van der Waals surface area contributed by atoms with E-state index in [0.717, 1.165) is 17.0 Å². The molecule has 0 saturated heterocycles. The van der Waals surface area contributed by atoms with E-state index in [4.69, 9.17) is 4.74 Å². The summed E-state index contributed by atoms with van der Waals surface area (Å²) in [5.41, 5.74) is 2.83. The van der Waals surface area contributed by atoms with Gasteiger partial charge in [0.2, 0.25) is 0 Å². The number of anilines is 1. The monoisotopic (exact) mass is 260 g/mol. The quantitative estimate of drug-likeness (QED) is 0.824. The molecule has 0 aromatic heterocycles. The highest BCUT2D eigenvalue weighted by atomic mass is 16.5. The Labute approximate surface area is 116 Å². The highest BCUT2D eigenvalue weighted by molar-refractivity contribution is 5.61. The SMILES string of the molecule is COc1cc(C)c(N(C)C(C)(C)C#N)cc1C(C)C. The summed E-state index contributed by atoms with van der Waals surface area (Å²) in [6.45, 7) is 10.2.